The number of amides is 1. The summed E-state index contributed by atoms with van der Waals surface area (Å²) in [5.74, 6) is 0.866. The fourth-order valence-corrected chi connectivity index (χ4v) is 4.79. The number of thioether (sulfide) groups is 1. The first-order valence-electron chi connectivity index (χ1n) is 10.7. The topological polar surface area (TPSA) is 74.0 Å². The number of anilines is 1. The van der Waals surface area contributed by atoms with E-state index < -0.39 is 0 Å². The molecule has 5 rings (SSSR count). The number of carbonyl (C=O) groups is 1. The molecule has 0 unspecified atom stereocenters. The van der Waals surface area contributed by atoms with E-state index in [2.05, 4.69) is 51.3 Å². The van der Waals surface area contributed by atoms with Gasteiger partial charge in [-0.05, 0) is 43.3 Å². The number of rotatable bonds is 7. The van der Waals surface area contributed by atoms with Crippen molar-refractivity contribution in [3.05, 3.63) is 73.1 Å². The maximum absolute atomic E-state index is 12.7. The van der Waals surface area contributed by atoms with Gasteiger partial charge in [0, 0.05) is 40.1 Å². The van der Waals surface area contributed by atoms with E-state index in [0.717, 1.165) is 34.6 Å². The first-order valence-corrected chi connectivity index (χ1v) is 11.6. The number of para-hydroxylation sites is 1. The number of ether oxygens (including phenoxy) is 1. The zero-order valence-corrected chi connectivity index (χ0v) is 19.2. The van der Waals surface area contributed by atoms with Crippen LogP contribution in [0, 0.1) is 0 Å². The molecule has 0 atom stereocenters. The van der Waals surface area contributed by atoms with Crippen molar-refractivity contribution in [1.82, 2.24) is 19.3 Å². The van der Waals surface area contributed by atoms with Crippen molar-refractivity contribution in [2.24, 2.45) is 0 Å². The minimum absolute atomic E-state index is 0.0984. The van der Waals surface area contributed by atoms with Gasteiger partial charge in [0.25, 0.3) is 0 Å². The quantitative estimate of drug-likeness (QED) is 0.343. The van der Waals surface area contributed by atoms with Gasteiger partial charge in [0.1, 0.15) is 12.1 Å². The summed E-state index contributed by atoms with van der Waals surface area (Å²) < 4.78 is 9.43. The standard InChI is InChI=1S/C25H23N5O2S/c1-3-29-22-10-5-4-9-20(22)21-13-17(11-12-23(21)29)27-24(31)15-33-25-28-26-16-30(25)18-7-6-8-19(14-18)32-2/h4-14,16H,3,15H2,1-2H3,(H,27,31). The monoisotopic (exact) mass is 457 g/mol. The summed E-state index contributed by atoms with van der Waals surface area (Å²) in [6.07, 6.45) is 1.63. The SMILES string of the molecule is CCn1c2ccccc2c2cc(NC(=O)CSc3nncn3-c3cccc(OC)c3)ccc21. The van der Waals surface area contributed by atoms with Crippen LogP contribution in [-0.2, 0) is 11.3 Å². The third kappa shape index (κ3) is 4.05. The van der Waals surface area contributed by atoms with Crippen molar-refractivity contribution in [2.75, 3.05) is 18.2 Å². The van der Waals surface area contributed by atoms with E-state index >= 15 is 0 Å². The Morgan fingerprint density at radius 3 is 2.73 bits per heavy atom. The first-order chi connectivity index (χ1) is 16.2. The molecule has 1 amide bonds. The maximum atomic E-state index is 12.7. The molecule has 5 aromatic rings. The fraction of sp³-hybridized carbons (Fsp3) is 0.160. The lowest BCUT2D eigenvalue weighted by Gasteiger charge is -2.09. The van der Waals surface area contributed by atoms with Gasteiger partial charge in [-0.25, -0.2) is 0 Å². The van der Waals surface area contributed by atoms with E-state index in [1.54, 1.807) is 13.4 Å². The number of benzene rings is 3. The van der Waals surface area contributed by atoms with E-state index in [9.17, 15) is 4.79 Å². The number of hydrogen-bond acceptors (Lipinski definition) is 5. The normalized spacial score (nSPS) is 11.2. The Bertz CT molecular complexity index is 1460. The highest BCUT2D eigenvalue weighted by atomic mass is 32.2. The van der Waals surface area contributed by atoms with Gasteiger partial charge in [0.05, 0.1) is 18.6 Å². The summed E-state index contributed by atoms with van der Waals surface area (Å²) in [5, 5.41) is 14.2. The Morgan fingerprint density at radius 2 is 1.88 bits per heavy atom. The number of nitrogens with zero attached hydrogens (tertiary/aromatic N) is 4. The number of aryl methyl sites for hydroxylation is 1. The lowest BCUT2D eigenvalue weighted by atomic mass is 10.1. The molecule has 1 N–H and O–H groups in total. The third-order valence-corrected chi connectivity index (χ3v) is 6.50. The molecule has 166 valence electrons. The second-order valence-corrected chi connectivity index (χ2v) is 8.46. The van der Waals surface area contributed by atoms with Crippen LogP contribution in [0.1, 0.15) is 6.92 Å². The molecule has 0 saturated heterocycles. The van der Waals surface area contributed by atoms with Crippen molar-refractivity contribution < 1.29 is 9.53 Å². The number of hydrogen-bond donors (Lipinski definition) is 1. The van der Waals surface area contributed by atoms with Gasteiger partial charge in [0.2, 0.25) is 5.91 Å². The number of fused-ring (bicyclic) bond motifs is 3. The molecule has 0 aliphatic rings. The largest absolute Gasteiger partial charge is 0.497 e. The van der Waals surface area contributed by atoms with Crippen LogP contribution in [-0.4, -0.2) is 38.1 Å². The summed E-state index contributed by atoms with van der Waals surface area (Å²) in [6.45, 7) is 3.03. The van der Waals surface area contributed by atoms with Gasteiger partial charge >= 0.3 is 0 Å². The van der Waals surface area contributed by atoms with E-state index in [-0.39, 0.29) is 11.7 Å². The molecule has 0 aliphatic heterocycles. The number of nitrogens with one attached hydrogen (secondary N) is 1. The smallest absolute Gasteiger partial charge is 0.234 e. The second-order valence-electron chi connectivity index (χ2n) is 7.52. The molecule has 33 heavy (non-hydrogen) atoms. The van der Waals surface area contributed by atoms with Gasteiger partial charge < -0.3 is 14.6 Å². The number of methoxy groups -OCH3 is 1. The molecule has 0 radical (unpaired) electrons. The molecule has 7 nitrogen and oxygen atoms in total. The average Bonchev–Trinajstić information content (AvgIpc) is 3.45. The lowest BCUT2D eigenvalue weighted by molar-refractivity contribution is -0.113. The molecule has 8 heteroatoms. The van der Waals surface area contributed by atoms with Crippen LogP contribution in [0.25, 0.3) is 27.5 Å². The highest BCUT2D eigenvalue weighted by Crippen LogP contribution is 2.31. The molecule has 0 bridgehead atoms. The predicted octanol–water partition coefficient (Wildman–Crippen LogP) is 5.13. The molecule has 0 fully saturated rings. The molecule has 2 aromatic heterocycles. The molecular formula is C25H23N5O2S. The molecule has 2 heterocycles. The molecule has 0 aliphatic carbocycles. The molecular weight excluding hydrogens is 434 g/mol. The lowest BCUT2D eigenvalue weighted by Crippen LogP contribution is -2.14. The molecule has 0 saturated carbocycles. The molecule has 0 spiro atoms. The maximum Gasteiger partial charge on any atom is 0.234 e. The van der Waals surface area contributed by atoms with Crippen molar-refractivity contribution in [1.29, 1.82) is 0 Å². The van der Waals surface area contributed by atoms with Gasteiger partial charge in [-0.2, -0.15) is 0 Å². The second kappa shape index (κ2) is 8.99. The summed E-state index contributed by atoms with van der Waals surface area (Å²) in [5.41, 5.74) is 4.02. The third-order valence-electron chi connectivity index (χ3n) is 5.55. The first kappa shape index (κ1) is 21.1. The van der Waals surface area contributed by atoms with Gasteiger partial charge in [-0.1, -0.05) is 36.0 Å². The van der Waals surface area contributed by atoms with E-state index in [4.69, 9.17) is 4.74 Å². The van der Waals surface area contributed by atoms with Crippen LogP contribution in [0.4, 0.5) is 5.69 Å². The van der Waals surface area contributed by atoms with E-state index in [1.807, 2.05) is 47.0 Å². The van der Waals surface area contributed by atoms with Crippen molar-refractivity contribution in [3.8, 4) is 11.4 Å². The van der Waals surface area contributed by atoms with Crippen LogP contribution in [0.3, 0.4) is 0 Å². The highest BCUT2D eigenvalue weighted by molar-refractivity contribution is 7.99. The highest BCUT2D eigenvalue weighted by Gasteiger charge is 2.13. The van der Waals surface area contributed by atoms with E-state index in [1.165, 1.54) is 22.7 Å². The Balaban J connectivity index is 1.32. The Labute approximate surface area is 195 Å². The Kier molecular flexibility index (Phi) is 5.75. The van der Waals surface area contributed by atoms with Gasteiger partial charge in [0.15, 0.2) is 5.16 Å². The van der Waals surface area contributed by atoms with Crippen LogP contribution in [0.2, 0.25) is 0 Å². The summed E-state index contributed by atoms with van der Waals surface area (Å²) in [4.78, 5) is 12.7. The van der Waals surface area contributed by atoms with Crippen LogP contribution < -0.4 is 10.1 Å². The van der Waals surface area contributed by atoms with E-state index in [0.29, 0.717) is 5.16 Å². The summed E-state index contributed by atoms with van der Waals surface area (Å²) in [7, 11) is 1.63. The molecule has 3 aromatic carbocycles. The van der Waals surface area contributed by atoms with Crippen molar-refractivity contribution >= 4 is 45.2 Å². The predicted molar refractivity (Wildman–Crippen MR) is 132 cm³/mol. The summed E-state index contributed by atoms with van der Waals surface area (Å²) >= 11 is 1.34. The van der Waals surface area contributed by atoms with Gasteiger partial charge in [-0.15, -0.1) is 10.2 Å². The zero-order valence-electron chi connectivity index (χ0n) is 18.4. The Morgan fingerprint density at radius 1 is 1.03 bits per heavy atom. The average molecular weight is 458 g/mol. The van der Waals surface area contributed by atoms with Crippen LogP contribution in [0.15, 0.2) is 78.2 Å². The van der Waals surface area contributed by atoms with Crippen molar-refractivity contribution in [3.63, 3.8) is 0 Å². The minimum Gasteiger partial charge on any atom is -0.497 e. The Hall–Kier alpha value is -3.78. The number of aromatic nitrogens is 4. The minimum atomic E-state index is -0.0984. The number of carbonyl (C=O) groups excluding carboxylic acids is 1. The van der Waals surface area contributed by atoms with Crippen LogP contribution in [0.5, 0.6) is 5.75 Å². The van der Waals surface area contributed by atoms with Crippen molar-refractivity contribution in [2.45, 2.75) is 18.6 Å². The van der Waals surface area contributed by atoms with Gasteiger partial charge in [-0.3, -0.25) is 9.36 Å². The zero-order chi connectivity index (χ0) is 22.8. The fourth-order valence-electron chi connectivity index (χ4n) is 4.06. The van der Waals surface area contributed by atoms with Crippen LogP contribution >= 0.6 is 11.8 Å². The summed E-state index contributed by atoms with van der Waals surface area (Å²) in [6, 6.07) is 22.0.